The molecule has 3 aromatic rings. The number of amides is 1. The molecule has 9 heteroatoms. The van der Waals surface area contributed by atoms with E-state index in [-0.39, 0.29) is 11.7 Å². The summed E-state index contributed by atoms with van der Waals surface area (Å²) in [4.78, 5) is 20.8. The van der Waals surface area contributed by atoms with Crippen molar-refractivity contribution in [3.63, 3.8) is 0 Å². The highest BCUT2D eigenvalue weighted by atomic mass is 32.2. The third-order valence-corrected chi connectivity index (χ3v) is 4.71. The van der Waals surface area contributed by atoms with Gasteiger partial charge in [0.15, 0.2) is 11.5 Å². The molecule has 0 bridgehead atoms. The van der Waals surface area contributed by atoms with Crippen LogP contribution in [0.5, 0.6) is 11.5 Å². The number of nitrogens with zero attached hydrogens (tertiary/aromatic N) is 4. The smallest absolute Gasteiger partial charge is 0.253 e. The van der Waals surface area contributed by atoms with E-state index in [0.29, 0.717) is 29.0 Å². The van der Waals surface area contributed by atoms with Crippen LogP contribution >= 0.6 is 11.8 Å². The van der Waals surface area contributed by atoms with Gasteiger partial charge in [-0.25, -0.2) is 9.50 Å². The van der Waals surface area contributed by atoms with Gasteiger partial charge in [0.1, 0.15) is 0 Å². The fourth-order valence-corrected chi connectivity index (χ4v) is 3.23. The van der Waals surface area contributed by atoms with Crippen LogP contribution in [-0.4, -0.2) is 45.5 Å². The first kappa shape index (κ1) is 19.0. The van der Waals surface area contributed by atoms with Crippen molar-refractivity contribution in [1.82, 2.24) is 24.9 Å². The van der Waals surface area contributed by atoms with E-state index in [1.54, 1.807) is 18.7 Å². The molecule has 0 spiro atoms. The lowest BCUT2D eigenvalue weighted by atomic mass is 10.2. The predicted octanol–water partition coefficient (Wildman–Crippen LogP) is 2.17. The van der Waals surface area contributed by atoms with Gasteiger partial charge in [0.05, 0.1) is 20.0 Å². The number of ether oxygens (including phenoxy) is 2. The number of carbonyl (C=O) groups excluding carboxylic acids is 1. The number of hydrogen-bond acceptors (Lipinski definition) is 7. The number of methoxy groups -OCH3 is 2. The molecule has 142 valence electrons. The summed E-state index contributed by atoms with van der Waals surface area (Å²) in [7, 11) is 3.17. The molecule has 2 aromatic heterocycles. The highest BCUT2D eigenvalue weighted by Crippen LogP contribution is 2.27. The number of carbonyl (C=O) groups is 1. The second-order valence-electron chi connectivity index (χ2n) is 5.90. The lowest BCUT2D eigenvalue weighted by Gasteiger charge is -2.10. The van der Waals surface area contributed by atoms with Gasteiger partial charge in [-0.1, -0.05) is 17.8 Å². The molecule has 0 saturated carbocycles. The molecule has 3 rings (SSSR count). The number of benzene rings is 1. The Morgan fingerprint density at radius 3 is 2.67 bits per heavy atom. The van der Waals surface area contributed by atoms with E-state index in [0.717, 1.165) is 17.0 Å². The van der Waals surface area contributed by atoms with Gasteiger partial charge in [0, 0.05) is 17.9 Å². The maximum atomic E-state index is 12.1. The zero-order valence-electron chi connectivity index (χ0n) is 15.6. The average Bonchev–Trinajstić information content (AvgIpc) is 3.07. The number of rotatable bonds is 7. The Hall–Kier alpha value is -2.81. The minimum absolute atomic E-state index is 0.102. The molecule has 0 aliphatic carbocycles. The number of nitrogens with one attached hydrogen (secondary N) is 1. The van der Waals surface area contributed by atoms with Gasteiger partial charge in [-0.3, -0.25) is 4.79 Å². The molecule has 1 aromatic carbocycles. The van der Waals surface area contributed by atoms with Crippen LogP contribution in [0.4, 0.5) is 0 Å². The van der Waals surface area contributed by atoms with Gasteiger partial charge in [0.25, 0.3) is 5.78 Å². The number of fused-ring (bicyclic) bond motifs is 1. The van der Waals surface area contributed by atoms with E-state index in [2.05, 4.69) is 20.4 Å². The first-order valence-corrected chi connectivity index (χ1v) is 9.30. The highest BCUT2D eigenvalue weighted by molar-refractivity contribution is 7.99. The summed E-state index contributed by atoms with van der Waals surface area (Å²) in [6.07, 6.45) is 0. The highest BCUT2D eigenvalue weighted by Gasteiger charge is 2.11. The Bertz CT molecular complexity index is 973. The summed E-state index contributed by atoms with van der Waals surface area (Å²) in [5.74, 6) is 1.95. The van der Waals surface area contributed by atoms with Gasteiger partial charge in [-0.15, -0.1) is 5.10 Å². The van der Waals surface area contributed by atoms with Crippen molar-refractivity contribution >= 4 is 23.4 Å². The molecule has 1 amide bonds. The molecular formula is C18H21N5O3S. The Kier molecular flexibility index (Phi) is 5.80. The molecule has 0 saturated heterocycles. The fourth-order valence-electron chi connectivity index (χ4n) is 2.58. The minimum Gasteiger partial charge on any atom is -0.493 e. The maximum Gasteiger partial charge on any atom is 0.253 e. The van der Waals surface area contributed by atoms with Crippen molar-refractivity contribution in [1.29, 1.82) is 0 Å². The van der Waals surface area contributed by atoms with Gasteiger partial charge in [-0.05, 0) is 37.6 Å². The molecule has 0 radical (unpaired) electrons. The van der Waals surface area contributed by atoms with Crippen LogP contribution in [0.1, 0.15) is 17.0 Å². The summed E-state index contributed by atoms with van der Waals surface area (Å²) >= 11 is 1.28. The van der Waals surface area contributed by atoms with Crippen LogP contribution in [0, 0.1) is 13.8 Å². The molecular weight excluding hydrogens is 366 g/mol. The van der Waals surface area contributed by atoms with Crippen LogP contribution in [0.2, 0.25) is 0 Å². The van der Waals surface area contributed by atoms with Gasteiger partial charge < -0.3 is 14.8 Å². The summed E-state index contributed by atoms with van der Waals surface area (Å²) in [6, 6.07) is 7.47. The van der Waals surface area contributed by atoms with E-state index in [9.17, 15) is 4.79 Å². The fraction of sp³-hybridized carbons (Fsp3) is 0.333. The SMILES string of the molecule is COc1ccc(CNC(=O)CSc2nc3nc(C)cc(C)n3n2)cc1OC. The molecule has 0 aliphatic heterocycles. The van der Waals surface area contributed by atoms with Gasteiger partial charge >= 0.3 is 0 Å². The monoisotopic (exact) mass is 387 g/mol. The standard InChI is InChI=1S/C18H21N5O3S/c1-11-7-12(2)23-17(20-11)21-18(22-23)27-10-16(24)19-9-13-5-6-14(25-3)15(8-13)26-4/h5-8H,9-10H2,1-4H3,(H,19,24). The molecule has 0 atom stereocenters. The third kappa shape index (κ3) is 4.48. The van der Waals surface area contributed by atoms with Crippen LogP contribution in [-0.2, 0) is 11.3 Å². The van der Waals surface area contributed by atoms with Gasteiger partial charge in [-0.2, -0.15) is 4.98 Å². The summed E-state index contributed by atoms with van der Waals surface area (Å²) in [6.45, 7) is 4.26. The normalized spacial score (nSPS) is 10.8. The van der Waals surface area contributed by atoms with E-state index < -0.39 is 0 Å². The van der Waals surface area contributed by atoms with Crippen molar-refractivity contribution in [3.8, 4) is 11.5 Å². The number of aromatic nitrogens is 4. The minimum atomic E-state index is -0.102. The van der Waals surface area contributed by atoms with E-state index in [1.807, 2.05) is 38.1 Å². The number of aryl methyl sites for hydroxylation is 2. The molecule has 0 aliphatic rings. The quantitative estimate of drug-likeness (QED) is 0.621. The molecule has 1 N–H and O–H groups in total. The summed E-state index contributed by atoms with van der Waals surface area (Å²) in [5, 5.41) is 7.78. The molecule has 2 heterocycles. The summed E-state index contributed by atoms with van der Waals surface area (Å²) in [5.41, 5.74) is 2.76. The lowest BCUT2D eigenvalue weighted by Crippen LogP contribution is -2.24. The second kappa shape index (κ2) is 8.26. The van der Waals surface area contributed by atoms with Crippen molar-refractivity contribution < 1.29 is 14.3 Å². The topological polar surface area (TPSA) is 90.6 Å². The Morgan fingerprint density at radius 1 is 1.15 bits per heavy atom. The summed E-state index contributed by atoms with van der Waals surface area (Å²) < 4.78 is 12.2. The lowest BCUT2D eigenvalue weighted by molar-refractivity contribution is -0.118. The largest absolute Gasteiger partial charge is 0.493 e. The predicted molar refractivity (Wildman–Crippen MR) is 102 cm³/mol. The Labute approximate surface area is 161 Å². The second-order valence-corrected chi connectivity index (χ2v) is 6.84. The Morgan fingerprint density at radius 2 is 1.93 bits per heavy atom. The van der Waals surface area contributed by atoms with E-state index in [4.69, 9.17) is 9.47 Å². The molecule has 8 nitrogen and oxygen atoms in total. The zero-order valence-corrected chi connectivity index (χ0v) is 16.5. The maximum absolute atomic E-state index is 12.1. The average molecular weight is 387 g/mol. The van der Waals surface area contributed by atoms with E-state index in [1.165, 1.54) is 11.8 Å². The van der Waals surface area contributed by atoms with Crippen molar-refractivity contribution in [2.24, 2.45) is 0 Å². The molecule has 27 heavy (non-hydrogen) atoms. The van der Waals surface area contributed by atoms with Crippen LogP contribution in [0.25, 0.3) is 5.78 Å². The van der Waals surface area contributed by atoms with Crippen LogP contribution in [0.15, 0.2) is 29.4 Å². The van der Waals surface area contributed by atoms with Crippen LogP contribution < -0.4 is 14.8 Å². The van der Waals surface area contributed by atoms with Crippen molar-refractivity contribution in [3.05, 3.63) is 41.2 Å². The van der Waals surface area contributed by atoms with Gasteiger partial charge in [0.2, 0.25) is 11.1 Å². The third-order valence-electron chi connectivity index (χ3n) is 3.87. The van der Waals surface area contributed by atoms with Crippen LogP contribution in [0.3, 0.4) is 0 Å². The van der Waals surface area contributed by atoms with E-state index >= 15 is 0 Å². The van der Waals surface area contributed by atoms with Crippen molar-refractivity contribution in [2.45, 2.75) is 25.5 Å². The first-order chi connectivity index (χ1) is 13.0. The number of hydrogen-bond donors (Lipinski definition) is 1. The Balaban J connectivity index is 1.56. The molecule has 0 fully saturated rings. The van der Waals surface area contributed by atoms with Crippen molar-refractivity contribution in [2.75, 3.05) is 20.0 Å². The molecule has 0 unspecified atom stereocenters. The number of thioether (sulfide) groups is 1. The zero-order chi connectivity index (χ0) is 19.4. The first-order valence-electron chi connectivity index (χ1n) is 8.31.